The van der Waals surface area contributed by atoms with Crippen molar-refractivity contribution in [3.8, 4) is 5.75 Å². The Kier molecular flexibility index (Phi) is 8.50. The van der Waals surface area contributed by atoms with Crippen LogP contribution in [-0.2, 0) is 24.4 Å². The van der Waals surface area contributed by atoms with Crippen molar-refractivity contribution in [2.45, 2.75) is 45.5 Å². The van der Waals surface area contributed by atoms with E-state index in [1.165, 1.54) is 0 Å². The number of halogens is 1. The second kappa shape index (κ2) is 11.1. The summed E-state index contributed by atoms with van der Waals surface area (Å²) in [5.74, 6) is 0.717. The molecule has 2 atom stereocenters. The molecule has 0 spiro atoms. The van der Waals surface area contributed by atoms with Crippen LogP contribution >= 0.6 is 0 Å². The molecule has 10 heteroatoms. The molecule has 0 fully saturated rings. The Balaban J connectivity index is 1.78. The molecule has 2 aromatic rings. The zero-order valence-corrected chi connectivity index (χ0v) is 20.2. The number of nitrogens with zero attached hydrogens (tertiary/aromatic N) is 3. The van der Waals surface area contributed by atoms with Crippen molar-refractivity contribution in [2.75, 3.05) is 18.6 Å². The normalized spacial score (nSPS) is 19.0. The van der Waals surface area contributed by atoms with Gasteiger partial charge in [0.15, 0.2) is 0 Å². The minimum atomic E-state index is -0.476. The standard InChI is InChI=1S/C21H28BIN5O3/c1-13(2)20-21(30)27-15(11-29)6-14-4-5-18(7-19(14)28(20)3)31-12-17-9-24-16(8-25-17)10-26-23-22/h4-5,7-9,13,15,20,26,29H,6,10-12H2,1-3H3,(H,27,30)/q-1/t15-,20-/m0/s1. The summed E-state index contributed by atoms with van der Waals surface area (Å²) in [6.45, 7) is 4.84. The molecule has 166 valence electrons. The Morgan fingerprint density at radius 1 is 1.35 bits per heavy atom. The van der Waals surface area contributed by atoms with Crippen molar-refractivity contribution in [3.63, 3.8) is 0 Å². The number of benzene rings is 1. The molecule has 1 aliphatic rings. The minimum absolute atomic E-state index is 0.0740. The molecule has 1 aliphatic heterocycles. The number of hydrogen-bond donors (Lipinski definition) is 3. The molecule has 8 nitrogen and oxygen atoms in total. The van der Waals surface area contributed by atoms with Gasteiger partial charge >= 0.3 is 122 Å². The van der Waals surface area contributed by atoms with Crippen LogP contribution in [0.3, 0.4) is 0 Å². The SMILES string of the molecule is [B][I-]NCc1cnc(COc2ccc3c(c2)N(C)[C@@H](C(C)C)C(=O)N[C@H](CO)C3)cn1. The van der Waals surface area contributed by atoms with E-state index in [4.69, 9.17) is 10.4 Å². The summed E-state index contributed by atoms with van der Waals surface area (Å²) in [7, 11) is 1.92. The summed E-state index contributed by atoms with van der Waals surface area (Å²) in [5.41, 5.74) is 9.09. The summed E-state index contributed by atoms with van der Waals surface area (Å²) in [4.78, 5) is 23.5. The summed E-state index contributed by atoms with van der Waals surface area (Å²) < 4.78 is 9.08. The third kappa shape index (κ3) is 6.08. The zero-order chi connectivity index (χ0) is 22.4. The average molecular weight is 536 g/mol. The molecule has 1 amide bonds. The maximum absolute atomic E-state index is 12.8. The molecule has 2 heterocycles. The first-order valence-corrected chi connectivity index (χ1v) is 12.5. The number of aliphatic hydroxyl groups is 1. The zero-order valence-electron chi connectivity index (χ0n) is 18.0. The van der Waals surface area contributed by atoms with E-state index in [0.29, 0.717) is 25.3 Å². The fourth-order valence-corrected chi connectivity index (χ4v) is 4.35. The van der Waals surface area contributed by atoms with Gasteiger partial charge in [-0.05, 0) is 12.3 Å². The van der Waals surface area contributed by atoms with Crippen molar-refractivity contribution in [1.29, 1.82) is 0 Å². The number of aliphatic hydroxyl groups excluding tert-OH is 1. The second-order valence-corrected chi connectivity index (χ2v) is 9.28. The van der Waals surface area contributed by atoms with Crippen molar-refractivity contribution >= 4 is 17.3 Å². The number of carbonyl (C=O) groups is 1. The molecule has 0 bridgehead atoms. The van der Waals surface area contributed by atoms with Crippen LogP contribution in [0.5, 0.6) is 5.75 Å². The average Bonchev–Trinajstić information content (AvgIpc) is 2.76. The van der Waals surface area contributed by atoms with Crippen LogP contribution in [0.25, 0.3) is 0 Å². The fourth-order valence-electron chi connectivity index (χ4n) is 3.73. The van der Waals surface area contributed by atoms with Crippen LogP contribution < -0.4 is 39.7 Å². The van der Waals surface area contributed by atoms with Crippen LogP contribution in [-0.4, -0.2) is 52.4 Å². The molecule has 0 aliphatic carbocycles. The van der Waals surface area contributed by atoms with Gasteiger partial charge < -0.3 is 10.4 Å². The van der Waals surface area contributed by atoms with Gasteiger partial charge in [-0.15, -0.1) is 0 Å². The molecule has 3 rings (SSSR count). The third-order valence-electron chi connectivity index (χ3n) is 5.26. The first kappa shape index (κ1) is 23.7. The number of ether oxygens (including phenoxy) is 1. The van der Waals surface area contributed by atoms with Crippen molar-refractivity contribution in [2.24, 2.45) is 5.92 Å². The molecule has 1 aromatic heterocycles. The van der Waals surface area contributed by atoms with Gasteiger partial charge in [0.05, 0.1) is 12.6 Å². The van der Waals surface area contributed by atoms with E-state index in [9.17, 15) is 9.90 Å². The van der Waals surface area contributed by atoms with Gasteiger partial charge in [-0.2, -0.15) is 0 Å². The fraction of sp³-hybridized carbons (Fsp3) is 0.476. The van der Waals surface area contributed by atoms with E-state index in [2.05, 4.69) is 18.8 Å². The quantitative estimate of drug-likeness (QED) is 0.199. The van der Waals surface area contributed by atoms with Gasteiger partial charge in [0.25, 0.3) is 0 Å². The first-order valence-electron chi connectivity index (χ1n) is 10.2. The van der Waals surface area contributed by atoms with Crippen molar-refractivity contribution in [3.05, 3.63) is 47.5 Å². The van der Waals surface area contributed by atoms with Crippen LogP contribution in [0.15, 0.2) is 30.6 Å². The summed E-state index contributed by atoms with van der Waals surface area (Å²) in [5, 5.41) is 12.7. The van der Waals surface area contributed by atoms with Crippen LogP contribution in [0.2, 0.25) is 0 Å². The van der Waals surface area contributed by atoms with Crippen molar-refractivity contribution < 1.29 is 35.9 Å². The van der Waals surface area contributed by atoms with Gasteiger partial charge in [-0.25, -0.2) is 0 Å². The van der Waals surface area contributed by atoms with E-state index in [1.807, 2.05) is 44.0 Å². The molecule has 31 heavy (non-hydrogen) atoms. The first-order chi connectivity index (χ1) is 14.9. The Bertz CT molecular complexity index is 884. The van der Waals surface area contributed by atoms with E-state index < -0.39 is 21.3 Å². The topological polar surface area (TPSA) is 99.6 Å². The van der Waals surface area contributed by atoms with Gasteiger partial charge in [-0.3, -0.25) is 4.79 Å². The number of likely N-dealkylation sites (N-methyl/N-ethyl adjacent to an activating group) is 1. The van der Waals surface area contributed by atoms with Gasteiger partial charge in [0.1, 0.15) is 6.04 Å². The third-order valence-corrected chi connectivity index (χ3v) is 6.08. The van der Waals surface area contributed by atoms with E-state index in [-0.39, 0.29) is 30.5 Å². The van der Waals surface area contributed by atoms with E-state index >= 15 is 0 Å². The Labute approximate surface area is 194 Å². The predicted molar refractivity (Wildman–Crippen MR) is 115 cm³/mol. The maximum atomic E-state index is 12.8. The number of fused-ring (bicyclic) bond motifs is 1. The number of nitrogens with one attached hydrogen (secondary N) is 2. The summed E-state index contributed by atoms with van der Waals surface area (Å²) >= 11 is -0.476. The van der Waals surface area contributed by atoms with Crippen LogP contribution in [0, 0.1) is 5.92 Å². The number of aromatic nitrogens is 2. The molecule has 0 saturated carbocycles. The van der Waals surface area contributed by atoms with E-state index in [0.717, 1.165) is 22.6 Å². The van der Waals surface area contributed by atoms with Crippen molar-refractivity contribution in [1.82, 2.24) is 18.8 Å². The second-order valence-electron chi connectivity index (χ2n) is 7.89. The monoisotopic (exact) mass is 536 g/mol. The molecular formula is C21H28BIN5O3-. The molecule has 2 radical (unpaired) electrons. The van der Waals surface area contributed by atoms with Gasteiger partial charge in [0, 0.05) is 7.05 Å². The Hall–Kier alpha value is -1.92. The number of amides is 1. The van der Waals surface area contributed by atoms with Gasteiger partial charge in [-0.1, -0.05) is 13.8 Å². The molecule has 0 unspecified atom stereocenters. The van der Waals surface area contributed by atoms with Crippen LogP contribution in [0.4, 0.5) is 5.69 Å². The molecule has 1 aromatic carbocycles. The molecule has 3 N–H and O–H groups in total. The molecule has 0 saturated heterocycles. The van der Waals surface area contributed by atoms with Crippen LogP contribution in [0.1, 0.15) is 30.8 Å². The Morgan fingerprint density at radius 3 is 2.74 bits per heavy atom. The number of carbonyl (C=O) groups excluding carboxylic acids is 1. The molecular weight excluding hydrogens is 508 g/mol. The number of hydrogen-bond acceptors (Lipinski definition) is 7. The summed E-state index contributed by atoms with van der Waals surface area (Å²) in [6.07, 6.45) is 3.98. The van der Waals surface area contributed by atoms with Gasteiger partial charge in [0.2, 0.25) is 5.91 Å². The number of rotatable bonds is 8. The number of anilines is 1. The van der Waals surface area contributed by atoms with E-state index in [1.54, 1.807) is 12.4 Å². The summed E-state index contributed by atoms with van der Waals surface area (Å²) in [6, 6.07) is 5.21. The Morgan fingerprint density at radius 2 is 2.10 bits per heavy atom. The predicted octanol–water partition coefficient (Wildman–Crippen LogP) is -2.27.